The summed E-state index contributed by atoms with van der Waals surface area (Å²) in [4.78, 5) is 19.1. The Morgan fingerprint density at radius 2 is 1.97 bits per heavy atom. The molecule has 162 valence electrons. The summed E-state index contributed by atoms with van der Waals surface area (Å²) in [5.74, 6) is 1.20. The summed E-state index contributed by atoms with van der Waals surface area (Å²) in [6.45, 7) is 6.44. The monoisotopic (exact) mass is 513 g/mol. The molecule has 2 aliphatic rings. The molecule has 1 heterocycles. The molecule has 0 spiro atoms. The van der Waals surface area contributed by atoms with E-state index in [4.69, 9.17) is 0 Å². The lowest BCUT2D eigenvalue weighted by Gasteiger charge is -2.32. The van der Waals surface area contributed by atoms with Crippen LogP contribution in [0.2, 0.25) is 0 Å². The van der Waals surface area contributed by atoms with Crippen molar-refractivity contribution >= 4 is 41.5 Å². The number of likely N-dealkylation sites (tertiary alicyclic amines) is 1. The van der Waals surface area contributed by atoms with E-state index in [1.807, 2.05) is 25.2 Å². The molecule has 1 aromatic carbocycles. The number of carbonyl (C=O) groups is 1. The van der Waals surface area contributed by atoms with Gasteiger partial charge in [-0.15, -0.1) is 24.0 Å². The van der Waals surface area contributed by atoms with Crippen LogP contribution in [0.15, 0.2) is 29.3 Å². The van der Waals surface area contributed by atoms with Gasteiger partial charge in [-0.25, -0.2) is 0 Å². The average Bonchev–Trinajstić information content (AvgIpc) is 2.65. The first-order chi connectivity index (χ1) is 13.7. The van der Waals surface area contributed by atoms with Crippen molar-refractivity contribution in [1.82, 2.24) is 15.5 Å². The minimum atomic E-state index is 0. The Labute approximate surface area is 192 Å². The van der Waals surface area contributed by atoms with E-state index in [9.17, 15) is 4.79 Å². The van der Waals surface area contributed by atoms with Crippen molar-refractivity contribution in [3.8, 4) is 0 Å². The highest BCUT2D eigenvalue weighted by molar-refractivity contribution is 14.0. The van der Waals surface area contributed by atoms with E-state index in [1.165, 1.54) is 19.4 Å². The van der Waals surface area contributed by atoms with E-state index in [-0.39, 0.29) is 35.8 Å². The summed E-state index contributed by atoms with van der Waals surface area (Å²) < 4.78 is 0. The van der Waals surface area contributed by atoms with Gasteiger partial charge in [0.15, 0.2) is 5.96 Å². The highest BCUT2D eigenvalue weighted by atomic mass is 127. The first-order valence-corrected chi connectivity index (χ1v) is 10.8. The Kier molecular flexibility index (Phi) is 10.2. The summed E-state index contributed by atoms with van der Waals surface area (Å²) in [6.07, 6.45) is 6.75. The Bertz CT molecular complexity index is 669. The zero-order chi connectivity index (χ0) is 19.8. The molecule has 1 aliphatic heterocycles. The van der Waals surface area contributed by atoms with Crippen LogP contribution in [0.1, 0.15) is 51.0 Å². The molecule has 1 aliphatic carbocycles. The van der Waals surface area contributed by atoms with Crippen LogP contribution in [0.5, 0.6) is 0 Å². The number of nitrogens with one attached hydrogen (secondary N) is 3. The second-order valence-electron chi connectivity index (χ2n) is 8.00. The van der Waals surface area contributed by atoms with E-state index in [2.05, 4.69) is 38.8 Å². The van der Waals surface area contributed by atoms with Gasteiger partial charge in [-0.1, -0.05) is 25.5 Å². The van der Waals surface area contributed by atoms with E-state index in [0.717, 1.165) is 56.0 Å². The fraction of sp³-hybridized carbons (Fsp3) is 0.636. The third-order valence-corrected chi connectivity index (χ3v) is 5.82. The minimum absolute atomic E-state index is 0. The van der Waals surface area contributed by atoms with Crippen LogP contribution in [-0.4, -0.2) is 49.5 Å². The predicted molar refractivity (Wildman–Crippen MR) is 131 cm³/mol. The molecular weight excluding hydrogens is 477 g/mol. The molecule has 6 nitrogen and oxygen atoms in total. The number of benzene rings is 1. The Hall–Kier alpha value is -1.35. The van der Waals surface area contributed by atoms with Crippen molar-refractivity contribution in [1.29, 1.82) is 0 Å². The van der Waals surface area contributed by atoms with Crippen LogP contribution in [0.4, 0.5) is 5.69 Å². The maximum absolute atomic E-state index is 12.1. The van der Waals surface area contributed by atoms with Crippen molar-refractivity contribution in [2.75, 3.05) is 32.0 Å². The topological polar surface area (TPSA) is 68.8 Å². The number of anilines is 1. The molecule has 0 bridgehead atoms. The van der Waals surface area contributed by atoms with E-state index in [1.54, 1.807) is 0 Å². The standard InChI is InChI=1S/C22H35N5O.HI/c1-3-12-27-13-10-19(11-14-27)26-22(23-2)24-16-17-6-4-9-20(15-17)25-21(28)18-7-5-8-18;/h4,6,9,15,18-19H,3,5,7-8,10-14,16H2,1-2H3,(H,25,28)(H2,23,24,26);1H. The zero-order valence-corrected chi connectivity index (χ0v) is 20.1. The number of amides is 1. The number of carbonyl (C=O) groups excluding carboxylic acids is 1. The summed E-state index contributed by atoms with van der Waals surface area (Å²) in [6, 6.07) is 8.54. The summed E-state index contributed by atoms with van der Waals surface area (Å²) in [5, 5.41) is 10.0. The van der Waals surface area contributed by atoms with Gasteiger partial charge < -0.3 is 20.9 Å². The number of nitrogens with zero attached hydrogens (tertiary/aromatic N) is 2. The van der Waals surface area contributed by atoms with Crippen LogP contribution in [0.25, 0.3) is 0 Å². The number of rotatable bonds is 7. The highest BCUT2D eigenvalue weighted by Gasteiger charge is 2.25. The number of guanidine groups is 1. The first-order valence-electron chi connectivity index (χ1n) is 10.8. The molecule has 7 heteroatoms. The maximum atomic E-state index is 12.1. The number of aliphatic imine (C=N–C) groups is 1. The number of hydrogen-bond acceptors (Lipinski definition) is 3. The molecule has 3 rings (SSSR count). The molecule has 0 atom stereocenters. The van der Waals surface area contributed by atoms with Gasteiger partial charge in [0.05, 0.1) is 0 Å². The van der Waals surface area contributed by atoms with Gasteiger partial charge in [0.1, 0.15) is 0 Å². The van der Waals surface area contributed by atoms with Crippen LogP contribution < -0.4 is 16.0 Å². The van der Waals surface area contributed by atoms with Crippen LogP contribution in [0.3, 0.4) is 0 Å². The molecule has 0 aromatic heterocycles. The number of hydrogen-bond donors (Lipinski definition) is 3. The summed E-state index contributed by atoms with van der Waals surface area (Å²) >= 11 is 0. The van der Waals surface area contributed by atoms with E-state index in [0.29, 0.717) is 12.6 Å². The van der Waals surface area contributed by atoms with Gasteiger partial charge in [-0.2, -0.15) is 0 Å². The normalized spacial score (nSPS) is 18.5. The molecule has 2 fully saturated rings. The molecule has 29 heavy (non-hydrogen) atoms. The molecule has 0 radical (unpaired) electrons. The summed E-state index contributed by atoms with van der Waals surface area (Å²) in [7, 11) is 1.82. The Balaban J connectivity index is 0.00000300. The average molecular weight is 513 g/mol. The lowest BCUT2D eigenvalue weighted by atomic mass is 9.85. The highest BCUT2D eigenvalue weighted by Crippen LogP contribution is 2.27. The maximum Gasteiger partial charge on any atom is 0.227 e. The van der Waals surface area contributed by atoms with Crippen molar-refractivity contribution in [3.05, 3.63) is 29.8 Å². The van der Waals surface area contributed by atoms with E-state index < -0.39 is 0 Å². The smallest absolute Gasteiger partial charge is 0.227 e. The van der Waals surface area contributed by atoms with Gasteiger partial charge in [-0.3, -0.25) is 9.79 Å². The third-order valence-electron chi connectivity index (χ3n) is 5.82. The Morgan fingerprint density at radius 1 is 1.21 bits per heavy atom. The van der Waals surface area contributed by atoms with Gasteiger partial charge in [0.2, 0.25) is 5.91 Å². The SMILES string of the molecule is CCCN1CCC(NC(=NC)NCc2cccc(NC(=O)C3CCC3)c2)CC1.I. The van der Waals surface area contributed by atoms with Gasteiger partial charge >= 0.3 is 0 Å². The fourth-order valence-electron chi connectivity index (χ4n) is 3.86. The van der Waals surface area contributed by atoms with Crippen molar-refractivity contribution in [2.45, 2.75) is 58.0 Å². The van der Waals surface area contributed by atoms with Crippen molar-refractivity contribution in [3.63, 3.8) is 0 Å². The molecule has 3 N–H and O–H groups in total. The minimum Gasteiger partial charge on any atom is -0.354 e. The largest absolute Gasteiger partial charge is 0.354 e. The number of piperidine rings is 1. The predicted octanol–water partition coefficient (Wildman–Crippen LogP) is 3.58. The van der Waals surface area contributed by atoms with Gasteiger partial charge in [-0.05, 0) is 56.3 Å². The van der Waals surface area contributed by atoms with E-state index >= 15 is 0 Å². The molecular formula is C22H36IN5O. The second kappa shape index (κ2) is 12.4. The fourth-order valence-corrected chi connectivity index (χ4v) is 3.86. The van der Waals surface area contributed by atoms with Crippen LogP contribution in [-0.2, 0) is 11.3 Å². The third kappa shape index (κ3) is 7.44. The van der Waals surface area contributed by atoms with Gasteiger partial charge in [0, 0.05) is 44.3 Å². The molecule has 1 amide bonds. The molecule has 1 aromatic rings. The van der Waals surface area contributed by atoms with Crippen molar-refractivity contribution in [2.24, 2.45) is 10.9 Å². The number of halogens is 1. The van der Waals surface area contributed by atoms with Crippen LogP contribution in [0, 0.1) is 5.92 Å². The lowest BCUT2D eigenvalue weighted by Crippen LogP contribution is -2.48. The second-order valence-corrected chi connectivity index (χ2v) is 8.00. The molecule has 1 saturated heterocycles. The van der Waals surface area contributed by atoms with Gasteiger partial charge in [0.25, 0.3) is 0 Å². The zero-order valence-electron chi connectivity index (χ0n) is 17.7. The Morgan fingerprint density at radius 3 is 2.59 bits per heavy atom. The van der Waals surface area contributed by atoms with Crippen LogP contribution >= 0.6 is 24.0 Å². The quantitative estimate of drug-likeness (QED) is 0.296. The first kappa shape index (κ1) is 23.9. The molecule has 1 saturated carbocycles. The van der Waals surface area contributed by atoms with Crippen molar-refractivity contribution < 1.29 is 4.79 Å². The lowest BCUT2D eigenvalue weighted by molar-refractivity contribution is -0.122. The molecule has 0 unspecified atom stereocenters. The summed E-state index contributed by atoms with van der Waals surface area (Å²) in [5.41, 5.74) is 2.01.